The Morgan fingerprint density at radius 2 is 2.16 bits per heavy atom. The van der Waals surface area contributed by atoms with Crippen LogP contribution in [0.25, 0.3) is 5.69 Å². The zero-order valence-electron chi connectivity index (χ0n) is 14.2. The van der Waals surface area contributed by atoms with Crippen molar-refractivity contribution in [1.82, 2.24) is 24.9 Å². The highest BCUT2D eigenvalue weighted by Crippen LogP contribution is 2.30. The van der Waals surface area contributed by atoms with Crippen LogP contribution >= 0.6 is 11.3 Å². The third kappa shape index (κ3) is 3.57. The number of nitrogens with zero attached hydrogens (tertiary/aromatic N) is 5. The van der Waals surface area contributed by atoms with E-state index < -0.39 is 0 Å². The molecule has 0 atom stereocenters. The zero-order chi connectivity index (χ0) is 17.1. The van der Waals surface area contributed by atoms with Gasteiger partial charge in [0.25, 0.3) is 0 Å². The van der Waals surface area contributed by atoms with Gasteiger partial charge < -0.3 is 4.74 Å². The molecule has 130 valence electrons. The maximum atomic E-state index is 5.57. The molecule has 3 heterocycles. The van der Waals surface area contributed by atoms with Gasteiger partial charge in [0.1, 0.15) is 16.3 Å². The molecule has 4 rings (SSSR count). The quantitative estimate of drug-likeness (QED) is 0.704. The predicted octanol–water partition coefficient (Wildman–Crippen LogP) is 3.11. The van der Waals surface area contributed by atoms with Gasteiger partial charge in [-0.05, 0) is 50.2 Å². The number of benzene rings is 1. The molecule has 0 aliphatic carbocycles. The molecule has 0 unspecified atom stereocenters. The molecule has 3 aromatic rings. The Kier molecular flexibility index (Phi) is 4.76. The van der Waals surface area contributed by atoms with Crippen LogP contribution < -0.4 is 4.74 Å². The van der Waals surface area contributed by atoms with Crippen molar-refractivity contribution >= 4 is 11.3 Å². The highest BCUT2D eigenvalue weighted by Gasteiger charge is 2.23. The Bertz CT molecular complexity index is 795. The first-order valence-corrected chi connectivity index (χ1v) is 9.37. The first kappa shape index (κ1) is 16.2. The number of rotatable bonds is 5. The molecule has 0 saturated carbocycles. The molecular weight excluding hydrogens is 334 g/mol. The van der Waals surface area contributed by atoms with Crippen molar-refractivity contribution in [2.24, 2.45) is 0 Å². The first-order chi connectivity index (χ1) is 12.3. The minimum Gasteiger partial charge on any atom is -0.496 e. The monoisotopic (exact) mass is 355 g/mol. The molecule has 1 fully saturated rings. The molecule has 1 aliphatic rings. The Morgan fingerprint density at radius 1 is 1.28 bits per heavy atom. The fourth-order valence-corrected chi connectivity index (χ4v) is 4.12. The van der Waals surface area contributed by atoms with Crippen molar-refractivity contribution in [1.29, 1.82) is 0 Å². The van der Waals surface area contributed by atoms with E-state index >= 15 is 0 Å². The number of hydrogen-bond donors (Lipinski definition) is 0. The third-order valence-corrected chi connectivity index (χ3v) is 5.60. The highest BCUT2D eigenvalue weighted by atomic mass is 32.1. The van der Waals surface area contributed by atoms with E-state index in [0.29, 0.717) is 5.92 Å². The Balaban J connectivity index is 1.46. The second-order valence-corrected chi connectivity index (χ2v) is 7.14. The molecule has 1 saturated heterocycles. The van der Waals surface area contributed by atoms with Gasteiger partial charge >= 0.3 is 0 Å². The van der Waals surface area contributed by atoms with Gasteiger partial charge in [0.05, 0.1) is 12.8 Å². The predicted molar refractivity (Wildman–Crippen MR) is 97.3 cm³/mol. The lowest BCUT2D eigenvalue weighted by Crippen LogP contribution is -2.32. The van der Waals surface area contributed by atoms with Crippen molar-refractivity contribution in [2.45, 2.75) is 25.3 Å². The van der Waals surface area contributed by atoms with Gasteiger partial charge in [0.2, 0.25) is 0 Å². The number of hydrogen-bond acceptors (Lipinski definition) is 6. The lowest BCUT2D eigenvalue weighted by atomic mass is 9.97. The molecule has 2 aromatic heterocycles. The number of methoxy groups -OCH3 is 1. The maximum absolute atomic E-state index is 5.57. The van der Waals surface area contributed by atoms with Crippen LogP contribution in [0.5, 0.6) is 5.75 Å². The minimum atomic E-state index is 0.557. The molecule has 0 radical (unpaired) electrons. The van der Waals surface area contributed by atoms with Crippen molar-refractivity contribution in [3.63, 3.8) is 0 Å². The van der Waals surface area contributed by atoms with E-state index in [1.807, 2.05) is 34.6 Å². The summed E-state index contributed by atoms with van der Waals surface area (Å²) >= 11 is 1.67. The number of aromatic nitrogens is 4. The second kappa shape index (κ2) is 7.33. The van der Waals surface area contributed by atoms with Crippen LogP contribution in [0.4, 0.5) is 0 Å². The second-order valence-electron chi connectivity index (χ2n) is 6.27. The molecule has 25 heavy (non-hydrogen) atoms. The van der Waals surface area contributed by atoms with E-state index in [1.165, 1.54) is 10.6 Å². The van der Waals surface area contributed by atoms with E-state index in [0.717, 1.165) is 43.9 Å². The third-order valence-electron chi connectivity index (χ3n) is 4.74. The summed E-state index contributed by atoms with van der Waals surface area (Å²) in [5.74, 6) is 1.49. The largest absolute Gasteiger partial charge is 0.496 e. The summed E-state index contributed by atoms with van der Waals surface area (Å²) in [6, 6.07) is 8.17. The molecule has 1 aliphatic heterocycles. The molecule has 1 aromatic carbocycles. The number of ether oxygens (including phenoxy) is 1. The first-order valence-electron chi connectivity index (χ1n) is 8.49. The zero-order valence-corrected chi connectivity index (χ0v) is 15.0. The van der Waals surface area contributed by atoms with Crippen molar-refractivity contribution < 1.29 is 4.74 Å². The fourth-order valence-electron chi connectivity index (χ4n) is 3.39. The fraction of sp³-hybridized carbons (Fsp3) is 0.389. The van der Waals surface area contributed by atoms with E-state index in [4.69, 9.17) is 4.74 Å². The van der Waals surface area contributed by atoms with Crippen molar-refractivity contribution in [2.75, 3.05) is 20.2 Å². The van der Waals surface area contributed by atoms with Crippen LogP contribution in [0.2, 0.25) is 0 Å². The lowest BCUT2D eigenvalue weighted by Gasteiger charge is -2.31. The molecular formula is C18H21N5OS. The van der Waals surface area contributed by atoms with Gasteiger partial charge in [-0.2, -0.15) is 5.10 Å². The normalized spacial score (nSPS) is 16.2. The minimum absolute atomic E-state index is 0.557. The van der Waals surface area contributed by atoms with Crippen LogP contribution in [-0.2, 0) is 6.54 Å². The van der Waals surface area contributed by atoms with Gasteiger partial charge in [0, 0.05) is 30.4 Å². The topological polar surface area (TPSA) is 56.1 Å². The number of piperidine rings is 1. The smallest absolute Gasteiger partial charge is 0.123 e. The Hall–Kier alpha value is -2.25. The Labute approximate surface area is 151 Å². The van der Waals surface area contributed by atoms with Crippen molar-refractivity contribution in [3.8, 4) is 11.4 Å². The van der Waals surface area contributed by atoms with E-state index in [1.54, 1.807) is 24.6 Å². The standard InChI is InChI=1S/C18H21N5OS/c1-24-17-4-3-16(23-8-2-7-20-23)11-15(17)12-22-9-5-14(6-10-22)18-21-19-13-25-18/h2-4,7-8,11,13-14H,5-6,9-10,12H2,1H3. The molecule has 7 heteroatoms. The van der Waals surface area contributed by atoms with Gasteiger partial charge in [-0.15, -0.1) is 21.5 Å². The summed E-state index contributed by atoms with van der Waals surface area (Å²) in [4.78, 5) is 2.49. The number of likely N-dealkylation sites (tertiary alicyclic amines) is 1. The van der Waals surface area contributed by atoms with Crippen LogP contribution in [0.15, 0.2) is 42.2 Å². The Morgan fingerprint density at radius 3 is 2.84 bits per heavy atom. The molecule has 0 spiro atoms. The van der Waals surface area contributed by atoms with Crippen LogP contribution in [0.3, 0.4) is 0 Å². The average molecular weight is 355 g/mol. The summed E-state index contributed by atoms with van der Waals surface area (Å²) in [7, 11) is 1.73. The molecule has 0 bridgehead atoms. The van der Waals surface area contributed by atoms with Gasteiger partial charge in [-0.1, -0.05) is 0 Å². The van der Waals surface area contributed by atoms with Crippen LogP contribution in [0.1, 0.15) is 29.3 Å². The maximum Gasteiger partial charge on any atom is 0.123 e. The lowest BCUT2D eigenvalue weighted by molar-refractivity contribution is 0.202. The van der Waals surface area contributed by atoms with E-state index in [9.17, 15) is 0 Å². The molecule has 6 nitrogen and oxygen atoms in total. The summed E-state index contributed by atoms with van der Waals surface area (Å²) in [5.41, 5.74) is 4.09. The summed E-state index contributed by atoms with van der Waals surface area (Å²) in [6.07, 6.45) is 6.02. The average Bonchev–Trinajstić information content (AvgIpc) is 3.36. The van der Waals surface area contributed by atoms with Gasteiger partial charge in [-0.25, -0.2) is 4.68 Å². The van der Waals surface area contributed by atoms with Crippen LogP contribution in [0, 0.1) is 0 Å². The SMILES string of the molecule is COc1ccc(-n2cccn2)cc1CN1CCC(c2nncs2)CC1. The van der Waals surface area contributed by atoms with E-state index in [-0.39, 0.29) is 0 Å². The highest BCUT2D eigenvalue weighted by molar-refractivity contribution is 7.09. The van der Waals surface area contributed by atoms with Crippen LogP contribution in [-0.4, -0.2) is 45.1 Å². The molecule has 0 amide bonds. The van der Waals surface area contributed by atoms with Gasteiger partial charge in [0.15, 0.2) is 0 Å². The van der Waals surface area contributed by atoms with E-state index in [2.05, 4.69) is 26.3 Å². The van der Waals surface area contributed by atoms with Crippen molar-refractivity contribution in [3.05, 3.63) is 52.7 Å². The summed E-state index contributed by atoms with van der Waals surface area (Å²) in [6.45, 7) is 3.03. The summed E-state index contributed by atoms with van der Waals surface area (Å²) in [5, 5.41) is 13.7. The van der Waals surface area contributed by atoms with Gasteiger partial charge in [-0.3, -0.25) is 4.90 Å². The molecule has 0 N–H and O–H groups in total. The summed E-state index contributed by atoms with van der Waals surface area (Å²) < 4.78 is 7.45.